The summed E-state index contributed by atoms with van der Waals surface area (Å²) < 4.78 is 16.6. The molecule has 0 saturated heterocycles. The number of ketones is 1. The molecule has 0 aliphatic carbocycles. The van der Waals surface area contributed by atoms with E-state index >= 15 is 0 Å². The highest BCUT2D eigenvalue weighted by molar-refractivity contribution is 6.07. The van der Waals surface area contributed by atoms with E-state index in [-0.39, 0.29) is 16.9 Å². The maximum absolute atomic E-state index is 12.7. The van der Waals surface area contributed by atoms with Crippen molar-refractivity contribution < 1.29 is 28.7 Å². The fourth-order valence-electron chi connectivity index (χ4n) is 3.77. The topological polar surface area (TPSA) is 105 Å². The number of rotatable bonds is 16. The first-order chi connectivity index (χ1) is 19.4. The van der Waals surface area contributed by atoms with Crippen molar-refractivity contribution >= 4 is 23.5 Å². The average molecular weight is 546 g/mol. The van der Waals surface area contributed by atoms with Gasteiger partial charge in [-0.15, -0.1) is 0 Å². The fourth-order valence-corrected chi connectivity index (χ4v) is 3.77. The molecule has 0 radical (unpaired) electrons. The van der Waals surface area contributed by atoms with Crippen molar-refractivity contribution in [1.82, 2.24) is 0 Å². The molecule has 0 aliphatic heterocycles. The Balaban J connectivity index is 1.62. The van der Waals surface area contributed by atoms with Crippen LogP contribution in [0.4, 0.5) is 5.69 Å². The minimum absolute atomic E-state index is 0.100. The number of hydrogen-bond donors (Lipinski definition) is 0. The standard InChI is InChI=1S/C32H35NO7/c1-3-5-7-21-38-27-15-9-24(10-16-27)11-19-30(34)26-14-20-31(29(23-26)33(36)37)40-32(35)25-12-17-28(18-13-25)39-22-8-6-4-2/h9-20,23H,3-8,21-22H2,1-2H3/b19-11+. The second-order valence-corrected chi connectivity index (χ2v) is 9.23. The van der Waals surface area contributed by atoms with E-state index in [1.54, 1.807) is 18.2 Å². The zero-order valence-corrected chi connectivity index (χ0v) is 23.0. The number of nitro groups is 1. The number of carbonyl (C=O) groups excluding carboxylic acids is 2. The molecule has 3 aromatic rings. The van der Waals surface area contributed by atoms with Gasteiger partial charge in [0.1, 0.15) is 11.5 Å². The summed E-state index contributed by atoms with van der Waals surface area (Å²) in [5.41, 5.74) is 0.624. The molecule has 3 aromatic carbocycles. The van der Waals surface area contributed by atoms with E-state index in [1.165, 1.54) is 30.3 Å². The summed E-state index contributed by atoms with van der Waals surface area (Å²) in [6.07, 6.45) is 9.32. The SMILES string of the molecule is CCCCCOc1ccc(/C=C/C(=O)c2ccc(OC(=O)c3ccc(OCCCCC)cc3)c([N+](=O)[O-])c2)cc1. The van der Waals surface area contributed by atoms with Gasteiger partial charge in [0.05, 0.1) is 23.7 Å². The molecular weight excluding hydrogens is 510 g/mol. The molecule has 0 atom stereocenters. The molecule has 0 aliphatic rings. The van der Waals surface area contributed by atoms with Gasteiger partial charge in [-0.05, 0) is 73.0 Å². The molecule has 0 N–H and O–H groups in total. The van der Waals surface area contributed by atoms with Crippen LogP contribution in [0.3, 0.4) is 0 Å². The van der Waals surface area contributed by atoms with Crippen molar-refractivity contribution in [1.29, 1.82) is 0 Å². The highest BCUT2D eigenvalue weighted by atomic mass is 16.6. The van der Waals surface area contributed by atoms with Gasteiger partial charge in [0, 0.05) is 11.6 Å². The van der Waals surface area contributed by atoms with E-state index < -0.39 is 22.4 Å². The molecule has 0 bridgehead atoms. The number of ether oxygens (including phenoxy) is 3. The minimum atomic E-state index is -0.752. The Morgan fingerprint density at radius 1 is 0.775 bits per heavy atom. The number of benzene rings is 3. The van der Waals surface area contributed by atoms with Gasteiger partial charge in [0.2, 0.25) is 5.75 Å². The molecule has 0 amide bonds. The Bertz CT molecular complexity index is 1300. The Labute approximate surface area is 234 Å². The van der Waals surface area contributed by atoms with Gasteiger partial charge in [-0.1, -0.05) is 57.7 Å². The Hall–Kier alpha value is -4.46. The second-order valence-electron chi connectivity index (χ2n) is 9.23. The Morgan fingerprint density at radius 3 is 1.88 bits per heavy atom. The van der Waals surface area contributed by atoms with Gasteiger partial charge in [0.15, 0.2) is 5.78 Å². The molecule has 8 nitrogen and oxygen atoms in total. The third-order valence-corrected chi connectivity index (χ3v) is 6.07. The van der Waals surface area contributed by atoms with Crippen LogP contribution >= 0.6 is 0 Å². The van der Waals surface area contributed by atoms with Crippen molar-refractivity contribution in [3.63, 3.8) is 0 Å². The summed E-state index contributed by atoms with van der Waals surface area (Å²) >= 11 is 0. The number of nitrogens with zero attached hydrogens (tertiary/aromatic N) is 1. The number of allylic oxidation sites excluding steroid dienone is 1. The van der Waals surface area contributed by atoms with Crippen LogP contribution in [0.2, 0.25) is 0 Å². The zero-order valence-electron chi connectivity index (χ0n) is 23.0. The Kier molecular flexibility index (Phi) is 11.9. The molecule has 3 rings (SSSR count). The summed E-state index contributed by atoms with van der Waals surface area (Å²) in [5.74, 6) is -0.0361. The second kappa shape index (κ2) is 15.8. The molecule has 0 saturated carbocycles. The zero-order chi connectivity index (χ0) is 28.7. The number of nitro benzene ring substituents is 1. The molecule has 8 heteroatoms. The van der Waals surface area contributed by atoms with Crippen LogP contribution in [0, 0.1) is 10.1 Å². The monoisotopic (exact) mass is 545 g/mol. The van der Waals surface area contributed by atoms with Crippen molar-refractivity contribution in [3.05, 3.63) is 99.6 Å². The summed E-state index contributed by atoms with van der Waals surface area (Å²) in [5, 5.41) is 11.7. The van der Waals surface area contributed by atoms with Crippen LogP contribution in [0.1, 0.15) is 78.7 Å². The predicted molar refractivity (Wildman–Crippen MR) is 154 cm³/mol. The van der Waals surface area contributed by atoms with Gasteiger partial charge >= 0.3 is 11.7 Å². The summed E-state index contributed by atoms with van der Waals surface area (Å²) in [6.45, 7) is 5.49. The normalized spacial score (nSPS) is 10.8. The van der Waals surface area contributed by atoms with Crippen molar-refractivity contribution in [2.24, 2.45) is 0 Å². The molecule has 0 heterocycles. The first kappa shape index (κ1) is 30.1. The fraction of sp³-hybridized carbons (Fsp3) is 0.312. The van der Waals surface area contributed by atoms with E-state index in [1.807, 2.05) is 24.3 Å². The van der Waals surface area contributed by atoms with Crippen LogP contribution in [-0.4, -0.2) is 29.9 Å². The number of unbranched alkanes of at least 4 members (excludes halogenated alkanes) is 4. The van der Waals surface area contributed by atoms with Crippen LogP contribution < -0.4 is 14.2 Å². The summed E-state index contributed by atoms with van der Waals surface area (Å²) in [7, 11) is 0. The van der Waals surface area contributed by atoms with Crippen LogP contribution in [0.15, 0.2) is 72.8 Å². The smallest absolute Gasteiger partial charge is 0.343 e. The lowest BCUT2D eigenvalue weighted by atomic mass is 10.1. The largest absolute Gasteiger partial charge is 0.494 e. The van der Waals surface area contributed by atoms with Gasteiger partial charge < -0.3 is 14.2 Å². The number of esters is 1. The molecule has 0 aromatic heterocycles. The van der Waals surface area contributed by atoms with E-state index in [4.69, 9.17) is 14.2 Å². The van der Waals surface area contributed by atoms with E-state index in [9.17, 15) is 19.7 Å². The number of carbonyl (C=O) groups is 2. The third kappa shape index (κ3) is 9.38. The molecular formula is C32H35NO7. The maximum Gasteiger partial charge on any atom is 0.343 e. The van der Waals surface area contributed by atoms with Gasteiger partial charge in [-0.25, -0.2) is 4.79 Å². The lowest BCUT2D eigenvalue weighted by molar-refractivity contribution is -0.385. The van der Waals surface area contributed by atoms with Crippen LogP contribution in [-0.2, 0) is 0 Å². The highest BCUT2D eigenvalue weighted by Crippen LogP contribution is 2.29. The van der Waals surface area contributed by atoms with Gasteiger partial charge in [0.25, 0.3) is 0 Å². The molecule has 0 unspecified atom stereocenters. The molecule has 0 spiro atoms. The summed E-state index contributed by atoms with van der Waals surface area (Å²) in [4.78, 5) is 36.3. The average Bonchev–Trinajstić information content (AvgIpc) is 2.97. The van der Waals surface area contributed by atoms with Crippen LogP contribution in [0.5, 0.6) is 17.2 Å². The molecule has 40 heavy (non-hydrogen) atoms. The maximum atomic E-state index is 12.7. The van der Waals surface area contributed by atoms with Gasteiger partial charge in [-0.3, -0.25) is 14.9 Å². The lowest BCUT2D eigenvalue weighted by Gasteiger charge is -2.08. The van der Waals surface area contributed by atoms with E-state index in [0.717, 1.165) is 55.9 Å². The third-order valence-electron chi connectivity index (χ3n) is 6.07. The quantitative estimate of drug-likeness (QED) is 0.0343. The first-order valence-electron chi connectivity index (χ1n) is 13.6. The minimum Gasteiger partial charge on any atom is -0.494 e. The lowest BCUT2D eigenvalue weighted by Crippen LogP contribution is -2.10. The molecule has 0 fully saturated rings. The Morgan fingerprint density at radius 2 is 1.32 bits per heavy atom. The number of hydrogen-bond acceptors (Lipinski definition) is 7. The highest BCUT2D eigenvalue weighted by Gasteiger charge is 2.21. The van der Waals surface area contributed by atoms with E-state index in [0.29, 0.717) is 19.0 Å². The van der Waals surface area contributed by atoms with E-state index in [2.05, 4.69) is 13.8 Å². The van der Waals surface area contributed by atoms with Crippen molar-refractivity contribution in [2.45, 2.75) is 52.4 Å². The summed E-state index contributed by atoms with van der Waals surface area (Å²) in [6, 6.07) is 17.5. The van der Waals surface area contributed by atoms with Crippen molar-refractivity contribution in [2.75, 3.05) is 13.2 Å². The van der Waals surface area contributed by atoms with Crippen molar-refractivity contribution in [3.8, 4) is 17.2 Å². The van der Waals surface area contributed by atoms with Crippen LogP contribution in [0.25, 0.3) is 6.08 Å². The van der Waals surface area contributed by atoms with Gasteiger partial charge in [-0.2, -0.15) is 0 Å². The first-order valence-corrected chi connectivity index (χ1v) is 13.6. The molecule has 210 valence electrons. The predicted octanol–water partition coefficient (Wildman–Crippen LogP) is 7.85.